The van der Waals surface area contributed by atoms with E-state index in [1.54, 1.807) is 0 Å². The molecule has 0 spiro atoms. The lowest BCUT2D eigenvalue weighted by atomic mass is 9.99. The van der Waals surface area contributed by atoms with Crippen LogP contribution in [0.3, 0.4) is 0 Å². The molecule has 7 atom stereocenters. The predicted molar refractivity (Wildman–Crippen MR) is 139 cm³/mol. The molecule has 1 aromatic heterocycles. The molecule has 1 aromatic rings. The van der Waals surface area contributed by atoms with Crippen LogP contribution in [0.4, 0.5) is 5.13 Å². The van der Waals surface area contributed by atoms with Crippen LogP contribution in [-0.4, -0.2) is 127 Å². The van der Waals surface area contributed by atoms with E-state index in [0.29, 0.717) is 0 Å². The van der Waals surface area contributed by atoms with Crippen molar-refractivity contribution in [3.63, 3.8) is 0 Å². The van der Waals surface area contributed by atoms with E-state index in [1.165, 1.54) is 12.5 Å². The van der Waals surface area contributed by atoms with Gasteiger partial charge in [-0.2, -0.15) is 0 Å². The van der Waals surface area contributed by atoms with Gasteiger partial charge in [-0.3, -0.25) is 19.3 Å². The van der Waals surface area contributed by atoms with E-state index >= 15 is 0 Å². The van der Waals surface area contributed by atoms with Crippen LogP contribution in [0.1, 0.15) is 12.6 Å². The molecule has 4 rings (SSSR count). The molecule has 3 aliphatic heterocycles. The third-order valence-corrected chi connectivity index (χ3v) is 8.19. The maximum absolute atomic E-state index is 13.3. The number of hydrogen-bond donors (Lipinski definition) is 6. The first-order valence-corrected chi connectivity index (χ1v) is 13.8. The average Bonchev–Trinajstić information content (AvgIpc) is 3.38. The number of amides is 2. The molecule has 5 unspecified atom stereocenters. The van der Waals surface area contributed by atoms with Crippen molar-refractivity contribution in [2.75, 3.05) is 25.2 Å². The summed E-state index contributed by atoms with van der Waals surface area (Å²) in [6.45, 7) is 0.696. The molecule has 0 radical (unpaired) electrons. The van der Waals surface area contributed by atoms with Gasteiger partial charge < -0.3 is 50.5 Å². The fraction of sp³-hybridized carbons (Fsp3) is 0.500. The van der Waals surface area contributed by atoms with Gasteiger partial charge in [-0.1, -0.05) is 5.16 Å². The third kappa shape index (κ3) is 6.03. The Morgan fingerprint density at radius 1 is 1.24 bits per heavy atom. The molecule has 3 aliphatic rings. The van der Waals surface area contributed by atoms with Crippen LogP contribution in [0.5, 0.6) is 0 Å². The number of carboxylic acid groups (broad SMARTS) is 1. The van der Waals surface area contributed by atoms with Crippen molar-refractivity contribution in [2.45, 2.75) is 49.0 Å². The number of aliphatic hydroxyl groups excluding tert-OH is 3. The number of anilines is 1. The first-order valence-electron chi connectivity index (χ1n) is 11.9. The lowest BCUT2D eigenvalue weighted by molar-refractivity contribution is -0.285. The Morgan fingerprint density at radius 3 is 2.55 bits per heavy atom. The van der Waals surface area contributed by atoms with Crippen LogP contribution in [0.2, 0.25) is 0 Å². The quantitative estimate of drug-likeness (QED) is 0.0675. The van der Waals surface area contributed by atoms with Crippen molar-refractivity contribution in [3.8, 4) is 0 Å². The van der Waals surface area contributed by atoms with Crippen LogP contribution < -0.4 is 11.1 Å². The minimum absolute atomic E-state index is 0.0212. The molecule has 2 amide bonds. The Morgan fingerprint density at radius 2 is 1.95 bits per heavy atom. The van der Waals surface area contributed by atoms with Crippen LogP contribution in [0, 0.1) is 0 Å². The van der Waals surface area contributed by atoms with Crippen molar-refractivity contribution in [3.05, 3.63) is 22.3 Å². The van der Waals surface area contributed by atoms with Crippen molar-refractivity contribution in [1.82, 2.24) is 15.2 Å². The van der Waals surface area contributed by atoms with E-state index in [2.05, 4.69) is 15.5 Å². The number of carbonyl (C=O) groups excluding carboxylic acids is 4. The van der Waals surface area contributed by atoms with Crippen LogP contribution in [0.25, 0.3) is 0 Å². The molecule has 0 bridgehead atoms. The van der Waals surface area contributed by atoms with E-state index in [0.717, 1.165) is 34.9 Å². The van der Waals surface area contributed by atoms with E-state index in [9.17, 15) is 44.4 Å². The highest BCUT2D eigenvalue weighted by atomic mass is 32.2. The molecule has 2 saturated heterocycles. The first-order chi connectivity index (χ1) is 19.8. The molecule has 20 heteroatoms. The smallest absolute Gasteiger partial charge is 0.357 e. The van der Waals surface area contributed by atoms with Crippen molar-refractivity contribution < 1.29 is 63.4 Å². The number of oxime groups is 1. The number of fused-ring (bicyclic) bond motifs is 1. The molecule has 4 heterocycles. The fourth-order valence-electron chi connectivity index (χ4n) is 4.18. The maximum Gasteiger partial charge on any atom is 0.357 e. The average molecular weight is 632 g/mol. The number of rotatable bonds is 9. The SMILES string of the molecule is CO/N=C(\C(=O)N[C@@H]1C(=O)N2C(C(=O)OC3OC(C(=O)O)C(O)C(O)C3O)=C(COC(C)=O)CS[C@H]12)c1csc(N)n1. The van der Waals surface area contributed by atoms with Gasteiger partial charge in [0, 0.05) is 23.6 Å². The summed E-state index contributed by atoms with van der Waals surface area (Å²) in [4.78, 5) is 72.1. The minimum Gasteiger partial charge on any atom is -0.479 e. The molecule has 0 aliphatic carbocycles. The van der Waals surface area contributed by atoms with Gasteiger partial charge in [0.1, 0.15) is 54.8 Å². The Bertz CT molecular complexity index is 1350. The minimum atomic E-state index is -2.06. The van der Waals surface area contributed by atoms with Gasteiger partial charge in [-0.15, -0.1) is 23.1 Å². The normalized spacial score (nSPS) is 29.3. The molecule has 7 N–H and O–H groups in total. The molecule has 0 saturated carbocycles. The molecule has 0 aromatic carbocycles. The van der Waals surface area contributed by atoms with E-state index in [4.69, 9.17) is 24.8 Å². The summed E-state index contributed by atoms with van der Waals surface area (Å²) < 4.78 is 15.1. The molecule has 2 fully saturated rings. The number of nitrogens with one attached hydrogen (secondary N) is 1. The number of aliphatic hydroxyl groups is 3. The number of nitrogen functional groups attached to an aromatic ring is 1. The zero-order chi connectivity index (χ0) is 30.9. The number of carboxylic acids is 1. The van der Waals surface area contributed by atoms with E-state index in [-0.39, 0.29) is 27.9 Å². The van der Waals surface area contributed by atoms with Crippen molar-refractivity contribution >= 4 is 63.7 Å². The molecule has 18 nitrogen and oxygen atoms in total. The number of thioether (sulfide) groups is 1. The lowest BCUT2D eigenvalue weighted by Gasteiger charge is -2.49. The zero-order valence-electron chi connectivity index (χ0n) is 21.7. The van der Waals surface area contributed by atoms with Gasteiger partial charge in [-0.25, -0.2) is 14.6 Å². The van der Waals surface area contributed by atoms with Gasteiger partial charge in [0.05, 0.1) is 0 Å². The van der Waals surface area contributed by atoms with Crippen molar-refractivity contribution in [2.24, 2.45) is 5.16 Å². The van der Waals surface area contributed by atoms with Crippen LogP contribution >= 0.6 is 23.1 Å². The number of nitrogens with zero attached hydrogens (tertiary/aromatic N) is 3. The van der Waals surface area contributed by atoms with E-state index in [1.807, 2.05) is 0 Å². The summed E-state index contributed by atoms with van der Waals surface area (Å²) in [6.07, 6.45) is -10.2. The second-order valence-electron chi connectivity index (χ2n) is 8.93. The Hall–Kier alpha value is -3.82. The van der Waals surface area contributed by atoms with E-state index < -0.39 is 84.1 Å². The van der Waals surface area contributed by atoms with Gasteiger partial charge in [-0.05, 0) is 0 Å². The maximum atomic E-state index is 13.3. The number of nitrogens with two attached hydrogens (primary N) is 1. The van der Waals surface area contributed by atoms with Gasteiger partial charge in [0.2, 0.25) is 6.29 Å². The zero-order valence-corrected chi connectivity index (χ0v) is 23.4. The first kappa shape index (κ1) is 31.1. The number of β-lactam (4-membered cyclic amide) rings is 1. The standard InChI is InChI=1S/C22H25N5O13S2/c1-6(28)38-3-7-4-41-18-10(25-16(32)9(26-37-2)8-5-42-22(23)24-8)17(33)27(18)11(7)20(36)40-21-14(31)12(29)13(30)15(39-21)19(34)35/h5,10,12-15,18,21,29-31H,3-4H2,1-2H3,(H2,23,24)(H,25,32)(H,34,35)/b26-9-/t10-,12?,13?,14?,15?,18-,21?/m1/s1. The highest BCUT2D eigenvalue weighted by Gasteiger charge is 2.56. The lowest BCUT2D eigenvalue weighted by Crippen LogP contribution is -2.71. The molecule has 228 valence electrons. The molecular formula is C22H25N5O13S2. The highest BCUT2D eigenvalue weighted by molar-refractivity contribution is 8.00. The summed E-state index contributed by atoms with van der Waals surface area (Å²) in [7, 11) is 1.20. The fourth-order valence-corrected chi connectivity index (χ4v) is 6.06. The predicted octanol–water partition coefficient (Wildman–Crippen LogP) is -3.27. The largest absolute Gasteiger partial charge is 0.479 e. The highest BCUT2D eigenvalue weighted by Crippen LogP contribution is 2.41. The summed E-state index contributed by atoms with van der Waals surface area (Å²) in [5, 5.41) is 46.4. The third-order valence-electron chi connectivity index (χ3n) is 6.18. The van der Waals surface area contributed by atoms with Gasteiger partial charge in [0.25, 0.3) is 11.8 Å². The number of esters is 2. The second-order valence-corrected chi connectivity index (χ2v) is 10.9. The summed E-state index contributed by atoms with van der Waals surface area (Å²) in [5.41, 5.74) is 5.18. The van der Waals surface area contributed by atoms with Gasteiger partial charge in [0.15, 0.2) is 16.9 Å². The topological polar surface area (TPSA) is 270 Å². The molecule has 42 heavy (non-hydrogen) atoms. The Labute approximate surface area is 244 Å². The number of thiazole rings is 1. The number of aliphatic carboxylic acids is 1. The van der Waals surface area contributed by atoms with Crippen molar-refractivity contribution in [1.29, 1.82) is 0 Å². The van der Waals surface area contributed by atoms with Gasteiger partial charge >= 0.3 is 17.9 Å². The summed E-state index contributed by atoms with van der Waals surface area (Å²) in [6, 6.07) is -1.16. The second kappa shape index (κ2) is 12.6. The van der Waals surface area contributed by atoms with Crippen LogP contribution in [-0.2, 0) is 43.0 Å². The summed E-state index contributed by atoms with van der Waals surface area (Å²) >= 11 is 2.17. The number of ether oxygens (including phenoxy) is 3. The molecular weight excluding hydrogens is 606 g/mol. The number of carbonyl (C=O) groups is 5. The van der Waals surface area contributed by atoms with Crippen LogP contribution in [0.15, 0.2) is 21.8 Å². The number of aromatic nitrogens is 1. The Balaban J connectivity index is 1.56. The Kier molecular flexibility index (Phi) is 9.33. The summed E-state index contributed by atoms with van der Waals surface area (Å²) in [5.74, 6) is -5.27. The monoisotopic (exact) mass is 631 g/mol. The number of hydrogen-bond acceptors (Lipinski definition) is 17.